The molecule has 2 aromatic heterocycles. The topological polar surface area (TPSA) is 72.3 Å². The summed E-state index contributed by atoms with van der Waals surface area (Å²) in [5.41, 5.74) is 1.10. The Hall–Kier alpha value is -2.43. The summed E-state index contributed by atoms with van der Waals surface area (Å²) < 4.78 is 5.39. The second-order valence-corrected chi connectivity index (χ2v) is 3.49. The van der Waals surface area contributed by atoms with E-state index in [1.807, 2.05) is 13.0 Å². The number of pyridine rings is 2. The minimum atomic E-state index is -1.04. The summed E-state index contributed by atoms with van der Waals surface area (Å²) in [6.07, 6.45) is 4.37. The molecule has 17 heavy (non-hydrogen) atoms. The molecule has 0 amide bonds. The zero-order valence-corrected chi connectivity index (χ0v) is 9.12. The molecule has 0 saturated heterocycles. The molecule has 0 aromatic carbocycles. The van der Waals surface area contributed by atoms with E-state index >= 15 is 0 Å². The number of carboxylic acids is 1. The highest BCUT2D eigenvalue weighted by atomic mass is 16.5. The van der Waals surface area contributed by atoms with Gasteiger partial charge in [-0.25, -0.2) is 9.78 Å². The van der Waals surface area contributed by atoms with E-state index in [4.69, 9.17) is 9.84 Å². The van der Waals surface area contributed by atoms with E-state index < -0.39 is 5.97 Å². The fourth-order valence-corrected chi connectivity index (χ4v) is 1.23. The summed E-state index contributed by atoms with van der Waals surface area (Å²) >= 11 is 0. The Kier molecular flexibility index (Phi) is 3.00. The van der Waals surface area contributed by atoms with Crippen molar-refractivity contribution in [2.75, 3.05) is 0 Å². The number of aryl methyl sites for hydroxylation is 1. The number of carbonyl (C=O) groups is 1. The average molecular weight is 230 g/mol. The first-order valence-electron chi connectivity index (χ1n) is 4.94. The Bertz CT molecular complexity index is 538. The largest absolute Gasteiger partial charge is 0.478 e. The van der Waals surface area contributed by atoms with Gasteiger partial charge in [-0.1, -0.05) is 6.07 Å². The van der Waals surface area contributed by atoms with E-state index in [2.05, 4.69) is 9.97 Å². The zero-order valence-electron chi connectivity index (χ0n) is 9.12. The Morgan fingerprint density at radius 2 is 2.12 bits per heavy atom. The van der Waals surface area contributed by atoms with Gasteiger partial charge in [-0.15, -0.1) is 0 Å². The fraction of sp³-hybridized carbons (Fsp3) is 0.0833. The quantitative estimate of drug-likeness (QED) is 0.875. The number of ether oxygens (including phenoxy) is 1. The lowest BCUT2D eigenvalue weighted by Crippen LogP contribution is -1.98. The number of hydrogen-bond acceptors (Lipinski definition) is 4. The maximum Gasteiger partial charge on any atom is 0.337 e. The summed E-state index contributed by atoms with van der Waals surface area (Å²) in [5, 5.41) is 8.80. The molecule has 0 aliphatic heterocycles. The summed E-state index contributed by atoms with van der Waals surface area (Å²) in [7, 11) is 0. The highest BCUT2D eigenvalue weighted by molar-refractivity contribution is 5.87. The van der Waals surface area contributed by atoms with Crippen LogP contribution in [0.4, 0.5) is 0 Å². The maximum absolute atomic E-state index is 10.7. The molecule has 1 N–H and O–H groups in total. The highest BCUT2D eigenvalue weighted by Crippen LogP contribution is 2.19. The highest BCUT2D eigenvalue weighted by Gasteiger charge is 2.05. The van der Waals surface area contributed by atoms with Crippen molar-refractivity contribution in [2.24, 2.45) is 0 Å². The lowest BCUT2D eigenvalue weighted by atomic mass is 10.3. The number of aromatic carboxylic acids is 1. The van der Waals surface area contributed by atoms with Crippen molar-refractivity contribution in [3.05, 3.63) is 47.9 Å². The van der Waals surface area contributed by atoms with Crippen molar-refractivity contribution in [2.45, 2.75) is 6.92 Å². The van der Waals surface area contributed by atoms with Gasteiger partial charge in [0.05, 0.1) is 11.8 Å². The number of rotatable bonds is 3. The monoisotopic (exact) mass is 230 g/mol. The Balaban J connectivity index is 2.21. The SMILES string of the molecule is Cc1ccc(Oc2cncc(C(=O)O)c2)nc1. The van der Waals surface area contributed by atoms with Gasteiger partial charge in [-0.3, -0.25) is 4.98 Å². The zero-order chi connectivity index (χ0) is 12.3. The molecule has 0 unspecified atom stereocenters. The van der Waals surface area contributed by atoms with E-state index in [9.17, 15) is 4.79 Å². The predicted molar refractivity (Wildman–Crippen MR) is 60.2 cm³/mol. The van der Waals surface area contributed by atoms with E-state index in [0.717, 1.165) is 5.56 Å². The van der Waals surface area contributed by atoms with Gasteiger partial charge in [-0.2, -0.15) is 0 Å². The van der Waals surface area contributed by atoms with Crippen molar-refractivity contribution >= 4 is 5.97 Å². The molecule has 2 rings (SSSR count). The van der Waals surface area contributed by atoms with Crippen LogP contribution >= 0.6 is 0 Å². The Morgan fingerprint density at radius 3 is 2.76 bits per heavy atom. The lowest BCUT2D eigenvalue weighted by molar-refractivity contribution is 0.0696. The van der Waals surface area contributed by atoms with Gasteiger partial charge in [-0.05, 0) is 18.6 Å². The third kappa shape index (κ3) is 2.78. The van der Waals surface area contributed by atoms with Crippen molar-refractivity contribution in [3.63, 3.8) is 0 Å². The van der Waals surface area contributed by atoms with Crippen LogP contribution < -0.4 is 4.74 Å². The summed E-state index contributed by atoms with van der Waals surface area (Å²) in [6, 6.07) is 4.97. The molecule has 0 atom stereocenters. The number of hydrogen-bond donors (Lipinski definition) is 1. The maximum atomic E-state index is 10.7. The molecular weight excluding hydrogens is 220 g/mol. The molecule has 2 aromatic rings. The fourth-order valence-electron chi connectivity index (χ4n) is 1.23. The molecular formula is C12H10N2O3. The van der Waals surface area contributed by atoms with Gasteiger partial charge in [0.2, 0.25) is 5.88 Å². The van der Waals surface area contributed by atoms with Gasteiger partial charge < -0.3 is 9.84 Å². The van der Waals surface area contributed by atoms with Crippen LogP contribution in [0.2, 0.25) is 0 Å². The van der Waals surface area contributed by atoms with Crippen molar-refractivity contribution < 1.29 is 14.6 Å². The third-order valence-electron chi connectivity index (χ3n) is 2.07. The molecule has 0 fully saturated rings. The minimum Gasteiger partial charge on any atom is -0.478 e. The van der Waals surface area contributed by atoms with Crippen molar-refractivity contribution in [3.8, 4) is 11.6 Å². The van der Waals surface area contributed by atoms with E-state index in [-0.39, 0.29) is 5.56 Å². The summed E-state index contributed by atoms with van der Waals surface area (Å²) in [4.78, 5) is 18.6. The lowest BCUT2D eigenvalue weighted by Gasteiger charge is -2.04. The second kappa shape index (κ2) is 4.61. The molecule has 2 heterocycles. The van der Waals surface area contributed by atoms with Crippen LogP contribution in [-0.2, 0) is 0 Å². The summed E-state index contributed by atoms with van der Waals surface area (Å²) in [6.45, 7) is 1.92. The van der Waals surface area contributed by atoms with Crippen LogP contribution in [0.5, 0.6) is 11.6 Å². The minimum absolute atomic E-state index is 0.0783. The molecule has 0 spiro atoms. The molecule has 5 heteroatoms. The summed E-state index contributed by atoms with van der Waals surface area (Å²) in [5.74, 6) is -0.291. The molecule has 0 saturated carbocycles. The van der Waals surface area contributed by atoms with Gasteiger partial charge in [0, 0.05) is 18.5 Å². The predicted octanol–water partition coefficient (Wildman–Crippen LogP) is 2.28. The third-order valence-corrected chi connectivity index (χ3v) is 2.07. The van der Waals surface area contributed by atoms with Crippen LogP contribution in [0, 0.1) is 6.92 Å². The van der Waals surface area contributed by atoms with Crippen molar-refractivity contribution in [1.29, 1.82) is 0 Å². The van der Waals surface area contributed by atoms with Crippen LogP contribution in [-0.4, -0.2) is 21.0 Å². The standard InChI is InChI=1S/C12H10N2O3/c1-8-2-3-11(14-5-8)17-10-4-9(12(15)16)6-13-7-10/h2-7H,1H3,(H,15,16). The normalized spacial score (nSPS) is 9.94. The molecule has 0 aliphatic rings. The molecule has 86 valence electrons. The van der Waals surface area contributed by atoms with Crippen molar-refractivity contribution in [1.82, 2.24) is 9.97 Å². The van der Waals surface area contributed by atoms with Gasteiger partial charge in [0.25, 0.3) is 0 Å². The van der Waals surface area contributed by atoms with Crippen LogP contribution in [0.1, 0.15) is 15.9 Å². The second-order valence-electron chi connectivity index (χ2n) is 3.49. The Labute approximate surface area is 97.7 Å². The smallest absolute Gasteiger partial charge is 0.337 e. The Morgan fingerprint density at radius 1 is 1.29 bits per heavy atom. The molecule has 0 aliphatic carbocycles. The van der Waals surface area contributed by atoms with E-state index in [1.54, 1.807) is 12.3 Å². The first kappa shape index (κ1) is 11.1. The molecule has 0 radical (unpaired) electrons. The van der Waals surface area contributed by atoms with Gasteiger partial charge in [0.1, 0.15) is 5.75 Å². The van der Waals surface area contributed by atoms with Crippen LogP contribution in [0.25, 0.3) is 0 Å². The van der Waals surface area contributed by atoms with Gasteiger partial charge >= 0.3 is 5.97 Å². The molecule has 0 bridgehead atoms. The van der Waals surface area contributed by atoms with E-state index in [0.29, 0.717) is 11.6 Å². The number of aromatic nitrogens is 2. The first-order valence-corrected chi connectivity index (χ1v) is 4.94. The number of nitrogens with zero attached hydrogens (tertiary/aromatic N) is 2. The molecule has 5 nitrogen and oxygen atoms in total. The van der Waals surface area contributed by atoms with E-state index in [1.165, 1.54) is 18.5 Å². The van der Waals surface area contributed by atoms with Crippen LogP contribution in [0.15, 0.2) is 36.8 Å². The average Bonchev–Trinajstić information content (AvgIpc) is 2.32. The van der Waals surface area contributed by atoms with Crippen LogP contribution in [0.3, 0.4) is 0 Å². The van der Waals surface area contributed by atoms with Gasteiger partial charge in [0.15, 0.2) is 0 Å². The number of carboxylic acid groups (broad SMARTS) is 1. The first-order chi connectivity index (χ1) is 8.15.